The van der Waals surface area contributed by atoms with Crippen molar-refractivity contribution in [1.29, 1.82) is 0 Å². The largest absolute Gasteiger partial charge is 0.486 e. The van der Waals surface area contributed by atoms with E-state index in [-0.39, 0.29) is 5.75 Å². The van der Waals surface area contributed by atoms with Crippen molar-refractivity contribution in [2.75, 3.05) is 11.7 Å². The lowest BCUT2D eigenvalue weighted by Gasteiger charge is -2.21. The van der Waals surface area contributed by atoms with E-state index in [1.54, 1.807) is 24.3 Å². The Labute approximate surface area is 142 Å². The monoisotopic (exact) mass is 379 g/mol. The van der Waals surface area contributed by atoms with E-state index in [9.17, 15) is 17.7 Å². The number of nitrogens with one attached hydrogen (secondary N) is 1. The first-order valence-corrected chi connectivity index (χ1v) is 8.69. The van der Waals surface area contributed by atoms with Crippen LogP contribution >= 0.6 is 19.3 Å². The molecule has 2 aromatic rings. The van der Waals surface area contributed by atoms with Crippen molar-refractivity contribution in [3.8, 4) is 5.75 Å². The van der Waals surface area contributed by atoms with Crippen LogP contribution < -0.4 is 9.61 Å². The molecule has 0 saturated heterocycles. The van der Waals surface area contributed by atoms with Crippen molar-refractivity contribution < 1.29 is 26.8 Å². The molecule has 0 aromatic heterocycles. The predicted molar refractivity (Wildman–Crippen MR) is 86.5 cm³/mol. The SMILES string of the molecule is Cc1ccc(N[P@@](=O)(OCC(F)(F)F)Oc2ccc(Cl)cc2)cc1. The Morgan fingerprint density at radius 3 is 2.21 bits per heavy atom. The lowest BCUT2D eigenvalue weighted by atomic mass is 10.2. The molecular weight excluding hydrogens is 366 g/mol. The summed E-state index contributed by atoms with van der Waals surface area (Å²) in [6.45, 7) is 0.129. The number of halogens is 4. The van der Waals surface area contributed by atoms with Crippen LogP contribution in [0, 0.1) is 6.92 Å². The van der Waals surface area contributed by atoms with Gasteiger partial charge in [0.05, 0.1) is 0 Å². The zero-order valence-corrected chi connectivity index (χ0v) is 14.2. The van der Waals surface area contributed by atoms with E-state index in [1.807, 2.05) is 6.92 Å². The molecule has 0 unspecified atom stereocenters. The normalized spacial score (nSPS) is 14.0. The fourth-order valence-corrected chi connectivity index (χ4v) is 3.13. The summed E-state index contributed by atoms with van der Waals surface area (Å²) in [6.07, 6.45) is -4.64. The predicted octanol–water partition coefficient (Wildman–Crippen LogP) is 5.83. The number of benzene rings is 2. The zero-order chi connectivity index (χ0) is 17.8. The highest BCUT2D eigenvalue weighted by atomic mass is 35.5. The van der Waals surface area contributed by atoms with Crippen molar-refractivity contribution in [2.45, 2.75) is 13.1 Å². The summed E-state index contributed by atoms with van der Waals surface area (Å²) in [6, 6.07) is 12.2. The fourth-order valence-electron chi connectivity index (χ4n) is 1.66. The van der Waals surface area contributed by atoms with Gasteiger partial charge in [0.15, 0.2) is 6.61 Å². The van der Waals surface area contributed by atoms with E-state index in [0.717, 1.165) is 5.56 Å². The summed E-state index contributed by atoms with van der Waals surface area (Å²) in [4.78, 5) is 0. The molecule has 0 aliphatic heterocycles. The molecule has 0 bridgehead atoms. The van der Waals surface area contributed by atoms with E-state index >= 15 is 0 Å². The van der Waals surface area contributed by atoms with Crippen LogP contribution in [-0.2, 0) is 9.09 Å². The summed E-state index contributed by atoms with van der Waals surface area (Å²) in [7, 11) is -4.30. The van der Waals surface area contributed by atoms with Gasteiger partial charge in [-0.2, -0.15) is 13.2 Å². The van der Waals surface area contributed by atoms with Crippen molar-refractivity contribution >= 4 is 25.0 Å². The third kappa shape index (κ3) is 6.07. The van der Waals surface area contributed by atoms with Gasteiger partial charge in [-0.15, -0.1) is 0 Å². The van der Waals surface area contributed by atoms with Crippen LogP contribution in [0.3, 0.4) is 0 Å². The van der Waals surface area contributed by atoms with Crippen LogP contribution in [0.4, 0.5) is 18.9 Å². The Balaban J connectivity index is 2.20. The smallest absolute Gasteiger partial charge is 0.409 e. The lowest BCUT2D eigenvalue weighted by molar-refractivity contribution is -0.154. The Morgan fingerprint density at radius 2 is 1.67 bits per heavy atom. The summed E-state index contributed by atoms with van der Waals surface area (Å²) in [5, 5.41) is 2.80. The fraction of sp³-hybridized carbons (Fsp3) is 0.200. The summed E-state index contributed by atoms with van der Waals surface area (Å²) >= 11 is 5.73. The van der Waals surface area contributed by atoms with Crippen LogP contribution in [0.2, 0.25) is 5.02 Å². The molecule has 0 amide bonds. The Hall–Kier alpha value is -1.69. The molecule has 1 atom stereocenters. The summed E-state index contributed by atoms with van der Waals surface area (Å²) < 4.78 is 59.6. The van der Waals surface area contributed by atoms with Gasteiger partial charge in [-0.3, -0.25) is 9.61 Å². The molecule has 2 aromatic carbocycles. The maximum Gasteiger partial charge on any atom is 0.486 e. The summed E-state index contributed by atoms with van der Waals surface area (Å²) in [5.41, 5.74) is 1.24. The second-order valence-electron chi connectivity index (χ2n) is 4.91. The quantitative estimate of drug-likeness (QED) is 0.642. The average molecular weight is 380 g/mol. The molecule has 130 valence electrons. The molecule has 2 rings (SSSR count). The van der Waals surface area contributed by atoms with Crippen molar-refractivity contribution in [3.05, 3.63) is 59.1 Å². The molecule has 0 aliphatic rings. The minimum absolute atomic E-state index is 0.0597. The molecule has 9 heteroatoms. The molecule has 0 saturated carbocycles. The van der Waals surface area contributed by atoms with Gasteiger partial charge in [-0.05, 0) is 43.3 Å². The van der Waals surface area contributed by atoms with Crippen LogP contribution in [-0.4, -0.2) is 12.8 Å². The number of alkyl halides is 3. The van der Waals surface area contributed by atoms with Crippen molar-refractivity contribution in [2.24, 2.45) is 0 Å². The second-order valence-corrected chi connectivity index (χ2v) is 7.00. The van der Waals surface area contributed by atoms with Crippen LogP contribution in [0.15, 0.2) is 48.5 Å². The molecule has 0 aliphatic carbocycles. The lowest BCUT2D eigenvalue weighted by Crippen LogP contribution is -2.19. The number of aryl methyl sites for hydroxylation is 1. The van der Waals surface area contributed by atoms with Gasteiger partial charge in [0.25, 0.3) is 0 Å². The van der Waals surface area contributed by atoms with E-state index in [2.05, 4.69) is 9.61 Å². The van der Waals surface area contributed by atoms with Gasteiger partial charge >= 0.3 is 13.9 Å². The van der Waals surface area contributed by atoms with E-state index < -0.39 is 20.5 Å². The van der Waals surface area contributed by atoms with Gasteiger partial charge in [-0.25, -0.2) is 4.57 Å². The van der Waals surface area contributed by atoms with Gasteiger partial charge in [-0.1, -0.05) is 29.3 Å². The standard InChI is InChI=1S/C15H14ClF3NO3P/c1-11-2-6-13(7-3-11)20-24(21,22-10-15(17,18)19)23-14-8-4-12(16)5-9-14/h2-9H,10H2,1H3,(H,20,21)/t24-/m1/s1. The third-order valence-electron chi connectivity index (χ3n) is 2.75. The molecule has 0 heterocycles. The van der Waals surface area contributed by atoms with Gasteiger partial charge in [0.1, 0.15) is 5.75 Å². The van der Waals surface area contributed by atoms with Gasteiger partial charge in [0, 0.05) is 10.7 Å². The Kier molecular flexibility index (Phi) is 5.80. The highest BCUT2D eigenvalue weighted by Crippen LogP contribution is 2.49. The average Bonchev–Trinajstić information content (AvgIpc) is 2.50. The Morgan fingerprint density at radius 1 is 1.08 bits per heavy atom. The number of rotatable bonds is 6. The maximum absolute atomic E-state index is 12.7. The molecule has 4 nitrogen and oxygen atoms in total. The van der Waals surface area contributed by atoms with Crippen LogP contribution in [0.25, 0.3) is 0 Å². The van der Waals surface area contributed by atoms with Crippen LogP contribution in [0.1, 0.15) is 5.56 Å². The third-order valence-corrected chi connectivity index (χ3v) is 4.46. The minimum atomic E-state index is -4.64. The number of hydrogen-bond donors (Lipinski definition) is 1. The summed E-state index contributed by atoms with van der Waals surface area (Å²) in [5.74, 6) is 0.0597. The molecule has 1 N–H and O–H groups in total. The molecule has 24 heavy (non-hydrogen) atoms. The van der Waals surface area contributed by atoms with E-state index in [1.165, 1.54) is 24.3 Å². The van der Waals surface area contributed by atoms with E-state index in [4.69, 9.17) is 16.1 Å². The van der Waals surface area contributed by atoms with Gasteiger partial charge < -0.3 is 4.52 Å². The first kappa shape index (κ1) is 18.6. The van der Waals surface area contributed by atoms with Crippen LogP contribution in [0.5, 0.6) is 5.75 Å². The molecule has 0 spiro atoms. The highest BCUT2D eigenvalue weighted by molar-refractivity contribution is 7.55. The second kappa shape index (κ2) is 7.47. The van der Waals surface area contributed by atoms with E-state index in [0.29, 0.717) is 10.7 Å². The minimum Gasteiger partial charge on any atom is -0.409 e. The first-order valence-electron chi connectivity index (χ1n) is 6.77. The maximum atomic E-state index is 12.7. The first-order chi connectivity index (χ1) is 11.2. The zero-order valence-electron chi connectivity index (χ0n) is 12.5. The highest BCUT2D eigenvalue weighted by Gasteiger charge is 2.36. The van der Waals surface area contributed by atoms with Crippen molar-refractivity contribution in [1.82, 2.24) is 0 Å². The molecular formula is C15H14ClF3NO3P. The number of anilines is 1. The van der Waals surface area contributed by atoms with Crippen molar-refractivity contribution in [3.63, 3.8) is 0 Å². The van der Waals surface area contributed by atoms with Gasteiger partial charge in [0.2, 0.25) is 0 Å². The molecule has 0 fully saturated rings. The molecule has 0 radical (unpaired) electrons. The topological polar surface area (TPSA) is 47.6 Å². The Bertz CT molecular complexity index is 669. The number of hydrogen-bond acceptors (Lipinski definition) is 3.